The van der Waals surface area contributed by atoms with E-state index in [1.165, 1.54) is 9.13 Å². The van der Waals surface area contributed by atoms with Gasteiger partial charge in [-0.2, -0.15) is 0 Å². The Kier molecular flexibility index (Phi) is 6.38. The molecule has 0 radical (unpaired) electrons. The maximum absolute atomic E-state index is 6.08. The summed E-state index contributed by atoms with van der Waals surface area (Å²) in [5.41, 5.74) is 1.18. The van der Waals surface area contributed by atoms with Gasteiger partial charge < -0.3 is 10.1 Å². The second-order valence-electron chi connectivity index (χ2n) is 5.01. The maximum atomic E-state index is 6.08. The first-order valence-electron chi connectivity index (χ1n) is 6.07. The third-order valence-electron chi connectivity index (χ3n) is 3.27. The summed E-state index contributed by atoms with van der Waals surface area (Å²) in [5, 5.41) is 4.15. The SMILES string of the molecule is CNC(CCC(C)(C)OC)c1cc(Cl)ccc1I. The fourth-order valence-corrected chi connectivity index (χ4v) is 2.72. The topological polar surface area (TPSA) is 21.3 Å². The number of nitrogens with one attached hydrogen (secondary N) is 1. The molecule has 0 saturated carbocycles. The summed E-state index contributed by atoms with van der Waals surface area (Å²) >= 11 is 8.44. The van der Waals surface area contributed by atoms with Crippen molar-refractivity contribution in [3.8, 4) is 0 Å². The molecule has 0 aliphatic heterocycles. The molecule has 1 atom stereocenters. The fraction of sp³-hybridized carbons (Fsp3) is 0.571. The van der Waals surface area contributed by atoms with E-state index >= 15 is 0 Å². The van der Waals surface area contributed by atoms with Crippen molar-refractivity contribution in [1.29, 1.82) is 0 Å². The van der Waals surface area contributed by atoms with Crippen molar-refractivity contribution in [3.05, 3.63) is 32.4 Å². The molecule has 0 amide bonds. The highest BCUT2D eigenvalue weighted by molar-refractivity contribution is 14.1. The minimum atomic E-state index is -0.0842. The van der Waals surface area contributed by atoms with E-state index in [9.17, 15) is 0 Å². The van der Waals surface area contributed by atoms with E-state index in [-0.39, 0.29) is 5.60 Å². The van der Waals surface area contributed by atoms with Gasteiger partial charge in [-0.3, -0.25) is 0 Å². The van der Waals surface area contributed by atoms with Crippen molar-refractivity contribution in [2.75, 3.05) is 14.2 Å². The second kappa shape index (κ2) is 7.08. The van der Waals surface area contributed by atoms with E-state index in [4.69, 9.17) is 16.3 Å². The van der Waals surface area contributed by atoms with Crippen LogP contribution in [0.2, 0.25) is 5.02 Å². The Bertz CT molecular complexity index is 395. The van der Waals surface area contributed by atoms with Gasteiger partial charge in [0.15, 0.2) is 0 Å². The van der Waals surface area contributed by atoms with Crippen molar-refractivity contribution in [1.82, 2.24) is 5.32 Å². The fourth-order valence-electron chi connectivity index (χ4n) is 1.83. The third-order valence-corrected chi connectivity index (χ3v) is 4.49. The summed E-state index contributed by atoms with van der Waals surface area (Å²) in [4.78, 5) is 0. The molecule has 1 rings (SSSR count). The van der Waals surface area contributed by atoms with Crippen LogP contribution in [0.5, 0.6) is 0 Å². The van der Waals surface area contributed by atoms with Gasteiger partial charge in [-0.1, -0.05) is 11.6 Å². The predicted molar refractivity (Wildman–Crippen MR) is 86.3 cm³/mol. The van der Waals surface area contributed by atoms with E-state index in [0.717, 1.165) is 17.9 Å². The molecule has 0 aliphatic carbocycles. The van der Waals surface area contributed by atoms with Crippen LogP contribution >= 0.6 is 34.2 Å². The summed E-state index contributed by atoms with van der Waals surface area (Å²) in [6, 6.07) is 6.34. The normalized spacial score (nSPS) is 13.7. The number of hydrogen-bond donors (Lipinski definition) is 1. The minimum Gasteiger partial charge on any atom is -0.379 e. The molecule has 0 heterocycles. The van der Waals surface area contributed by atoms with Gasteiger partial charge in [-0.15, -0.1) is 0 Å². The van der Waals surface area contributed by atoms with Gasteiger partial charge in [0.2, 0.25) is 0 Å². The monoisotopic (exact) mass is 381 g/mol. The van der Waals surface area contributed by atoms with E-state index < -0.39 is 0 Å². The highest BCUT2D eigenvalue weighted by Crippen LogP contribution is 2.29. The molecule has 0 spiro atoms. The van der Waals surface area contributed by atoms with E-state index in [1.54, 1.807) is 7.11 Å². The molecule has 1 aromatic rings. The molecular weight excluding hydrogens is 361 g/mol. The molecule has 102 valence electrons. The predicted octanol–water partition coefficient (Wildman–Crippen LogP) is 4.41. The van der Waals surface area contributed by atoms with Crippen LogP contribution in [0.3, 0.4) is 0 Å². The molecule has 2 nitrogen and oxygen atoms in total. The van der Waals surface area contributed by atoms with Gasteiger partial charge in [0.1, 0.15) is 0 Å². The summed E-state index contributed by atoms with van der Waals surface area (Å²) < 4.78 is 6.71. The average molecular weight is 382 g/mol. The summed E-state index contributed by atoms with van der Waals surface area (Å²) in [6.45, 7) is 4.23. The Morgan fingerprint density at radius 2 is 2.11 bits per heavy atom. The quantitative estimate of drug-likeness (QED) is 0.737. The van der Waals surface area contributed by atoms with Gasteiger partial charge >= 0.3 is 0 Å². The van der Waals surface area contributed by atoms with Gasteiger partial charge in [0.25, 0.3) is 0 Å². The van der Waals surface area contributed by atoms with Crippen LogP contribution in [-0.2, 0) is 4.74 Å². The lowest BCUT2D eigenvalue weighted by atomic mass is 9.95. The Morgan fingerprint density at radius 3 is 2.67 bits per heavy atom. The Hall–Kier alpha value is 0.160. The maximum Gasteiger partial charge on any atom is 0.0623 e. The molecule has 1 N–H and O–H groups in total. The minimum absolute atomic E-state index is 0.0842. The van der Waals surface area contributed by atoms with Crippen LogP contribution in [-0.4, -0.2) is 19.8 Å². The number of benzene rings is 1. The zero-order valence-electron chi connectivity index (χ0n) is 11.4. The first-order valence-corrected chi connectivity index (χ1v) is 7.52. The van der Waals surface area contributed by atoms with E-state index in [0.29, 0.717) is 6.04 Å². The lowest BCUT2D eigenvalue weighted by molar-refractivity contribution is 0.0118. The van der Waals surface area contributed by atoms with Crippen LogP contribution in [0, 0.1) is 3.57 Å². The van der Waals surface area contributed by atoms with Crippen molar-refractivity contribution < 1.29 is 4.74 Å². The number of ether oxygens (including phenoxy) is 1. The Labute approximate surface area is 129 Å². The molecular formula is C14H21ClINO. The van der Waals surface area contributed by atoms with Crippen molar-refractivity contribution in [2.24, 2.45) is 0 Å². The van der Waals surface area contributed by atoms with Gasteiger partial charge in [0, 0.05) is 21.7 Å². The Morgan fingerprint density at radius 1 is 1.44 bits per heavy atom. The molecule has 0 fully saturated rings. The largest absolute Gasteiger partial charge is 0.379 e. The van der Waals surface area contributed by atoms with Gasteiger partial charge in [0.05, 0.1) is 5.60 Å². The standard InChI is InChI=1S/C14H21ClINO/c1-14(2,18-4)8-7-13(17-3)11-9-10(15)5-6-12(11)16/h5-6,9,13,17H,7-8H2,1-4H3. The van der Waals surface area contributed by atoms with Gasteiger partial charge in [-0.25, -0.2) is 0 Å². The van der Waals surface area contributed by atoms with Crippen LogP contribution < -0.4 is 5.32 Å². The first-order chi connectivity index (χ1) is 8.39. The molecule has 0 saturated heterocycles. The molecule has 0 bridgehead atoms. The average Bonchev–Trinajstić information content (AvgIpc) is 2.34. The number of hydrogen-bond acceptors (Lipinski definition) is 2. The highest BCUT2D eigenvalue weighted by Gasteiger charge is 2.20. The summed E-state index contributed by atoms with van der Waals surface area (Å²) in [6.07, 6.45) is 2.02. The highest BCUT2D eigenvalue weighted by atomic mass is 127. The number of methoxy groups -OCH3 is 1. The molecule has 1 unspecified atom stereocenters. The lowest BCUT2D eigenvalue weighted by Gasteiger charge is -2.26. The van der Waals surface area contributed by atoms with Crippen molar-refractivity contribution in [3.63, 3.8) is 0 Å². The van der Waals surface area contributed by atoms with E-state index in [2.05, 4.69) is 47.8 Å². The summed E-state index contributed by atoms with van der Waals surface area (Å²) in [5.74, 6) is 0. The molecule has 18 heavy (non-hydrogen) atoms. The third kappa shape index (κ3) is 4.68. The molecule has 0 aliphatic rings. The van der Waals surface area contributed by atoms with Crippen molar-refractivity contribution in [2.45, 2.75) is 38.3 Å². The van der Waals surface area contributed by atoms with Gasteiger partial charge in [-0.05, 0) is 80.1 Å². The molecule has 1 aromatic carbocycles. The first kappa shape index (κ1) is 16.2. The smallest absolute Gasteiger partial charge is 0.0623 e. The summed E-state index contributed by atoms with van der Waals surface area (Å²) in [7, 11) is 3.75. The number of halogens is 2. The Balaban J connectivity index is 2.80. The molecule has 0 aromatic heterocycles. The second-order valence-corrected chi connectivity index (χ2v) is 6.61. The number of rotatable bonds is 6. The van der Waals surface area contributed by atoms with Crippen LogP contribution in [0.15, 0.2) is 18.2 Å². The van der Waals surface area contributed by atoms with Crippen LogP contribution in [0.1, 0.15) is 38.3 Å². The van der Waals surface area contributed by atoms with E-state index in [1.807, 2.05) is 19.2 Å². The lowest BCUT2D eigenvalue weighted by Crippen LogP contribution is -2.26. The van der Waals surface area contributed by atoms with Crippen molar-refractivity contribution >= 4 is 34.2 Å². The molecule has 4 heteroatoms. The zero-order valence-corrected chi connectivity index (χ0v) is 14.3. The van der Waals surface area contributed by atoms with Crippen LogP contribution in [0.25, 0.3) is 0 Å². The zero-order chi connectivity index (χ0) is 13.8. The van der Waals surface area contributed by atoms with Crippen LogP contribution in [0.4, 0.5) is 0 Å².